The van der Waals surface area contributed by atoms with Crippen LogP contribution in [0.5, 0.6) is 0 Å². The molecule has 0 unspecified atom stereocenters. The molecule has 0 atom stereocenters. The summed E-state index contributed by atoms with van der Waals surface area (Å²) < 4.78 is 3.84. The SMILES string of the molecule is N=C=O.c1cc2ccc1N=NS2. The Morgan fingerprint density at radius 1 is 1.33 bits per heavy atom. The number of hydrogen-bond acceptors (Lipinski definition) is 5. The Kier molecular flexibility index (Phi) is 3.19. The molecule has 1 aromatic rings. The van der Waals surface area contributed by atoms with E-state index in [1.165, 1.54) is 11.9 Å². The van der Waals surface area contributed by atoms with E-state index in [2.05, 4.69) is 9.63 Å². The summed E-state index contributed by atoms with van der Waals surface area (Å²) >= 11 is 1.41. The molecule has 2 aliphatic heterocycles. The molecule has 1 N–H and O–H groups in total. The molecule has 1 aromatic carbocycles. The molecule has 2 heterocycles. The van der Waals surface area contributed by atoms with E-state index < -0.39 is 0 Å². The van der Waals surface area contributed by atoms with Crippen molar-refractivity contribution >= 4 is 23.7 Å². The topological polar surface area (TPSA) is 65.6 Å². The lowest BCUT2D eigenvalue weighted by molar-refractivity contribution is 0.563. The van der Waals surface area contributed by atoms with E-state index in [9.17, 15) is 0 Å². The first-order chi connectivity index (χ1) is 5.86. The summed E-state index contributed by atoms with van der Waals surface area (Å²) in [6, 6.07) is 7.94. The third kappa shape index (κ3) is 2.30. The van der Waals surface area contributed by atoms with E-state index in [1.807, 2.05) is 24.3 Å². The second-order valence-corrected chi connectivity index (χ2v) is 2.69. The van der Waals surface area contributed by atoms with Crippen molar-refractivity contribution < 1.29 is 4.79 Å². The van der Waals surface area contributed by atoms with Gasteiger partial charge in [-0.2, -0.15) is 0 Å². The van der Waals surface area contributed by atoms with Crippen LogP contribution in [-0.4, -0.2) is 6.08 Å². The normalized spacial score (nSPS) is 11.0. The summed E-state index contributed by atoms with van der Waals surface area (Å²) in [5.74, 6) is 0. The smallest absolute Gasteiger partial charge is 0.222 e. The summed E-state index contributed by atoms with van der Waals surface area (Å²) in [6.07, 6.45) is 0.750. The molecule has 2 bridgehead atoms. The fraction of sp³-hybridized carbons (Fsp3) is 0. The molecule has 60 valence electrons. The zero-order valence-electron chi connectivity index (χ0n) is 6.02. The van der Waals surface area contributed by atoms with Crippen LogP contribution >= 0.6 is 11.9 Å². The van der Waals surface area contributed by atoms with Crippen LogP contribution in [-0.2, 0) is 4.79 Å². The first-order valence-corrected chi connectivity index (χ1v) is 3.86. The van der Waals surface area contributed by atoms with E-state index in [0.29, 0.717) is 0 Å². The number of nitrogens with one attached hydrogen (secondary N) is 1. The minimum absolute atomic E-state index is 0.750. The molecule has 0 amide bonds. The van der Waals surface area contributed by atoms with Gasteiger partial charge in [-0.1, -0.05) is 0 Å². The highest BCUT2D eigenvalue weighted by molar-refractivity contribution is 7.97. The summed E-state index contributed by atoms with van der Waals surface area (Å²) in [5.41, 5.74) is 0.934. The second-order valence-electron chi connectivity index (χ2n) is 1.87. The third-order valence-corrected chi connectivity index (χ3v) is 1.79. The number of nitrogens with zero attached hydrogens (tertiary/aromatic N) is 2. The predicted octanol–water partition coefficient (Wildman–Crippen LogP) is 2.69. The van der Waals surface area contributed by atoms with Crippen molar-refractivity contribution in [3.8, 4) is 0 Å². The Hall–Kier alpha value is -1.45. The van der Waals surface area contributed by atoms with Crippen LogP contribution in [0.4, 0.5) is 5.69 Å². The Bertz CT molecular complexity index is 314. The van der Waals surface area contributed by atoms with Gasteiger partial charge in [0.2, 0.25) is 6.08 Å². The van der Waals surface area contributed by atoms with Crippen molar-refractivity contribution in [2.45, 2.75) is 4.90 Å². The summed E-state index contributed by atoms with van der Waals surface area (Å²) in [6.45, 7) is 0. The van der Waals surface area contributed by atoms with Gasteiger partial charge in [-0.25, -0.2) is 10.2 Å². The lowest BCUT2D eigenvalue weighted by Crippen LogP contribution is -1.60. The first kappa shape index (κ1) is 8.64. The van der Waals surface area contributed by atoms with E-state index in [0.717, 1.165) is 16.7 Å². The van der Waals surface area contributed by atoms with Crippen molar-refractivity contribution in [1.82, 2.24) is 0 Å². The number of benzene rings is 1. The lowest BCUT2D eigenvalue weighted by Gasteiger charge is -1.85. The minimum atomic E-state index is 0.750. The highest BCUT2D eigenvalue weighted by Gasteiger charge is 1.97. The van der Waals surface area contributed by atoms with E-state index in [1.54, 1.807) is 0 Å². The maximum absolute atomic E-state index is 8.35. The fourth-order valence-electron chi connectivity index (χ4n) is 0.688. The van der Waals surface area contributed by atoms with Crippen LogP contribution in [0.15, 0.2) is 38.8 Å². The van der Waals surface area contributed by atoms with E-state index >= 15 is 0 Å². The molecule has 0 spiro atoms. The number of rotatable bonds is 0. The van der Waals surface area contributed by atoms with Gasteiger partial charge in [-0.3, -0.25) is 0 Å². The van der Waals surface area contributed by atoms with Gasteiger partial charge < -0.3 is 0 Å². The summed E-state index contributed by atoms with van der Waals surface area (Å²) in [7, 11) is 0. The molecule has 0 saturated heterocycles. The second kappa shape index (κ2) is 4.43. The van der Waals surface area contributed by atoms with Crippen LogP contribution in [0.3, 0.4) is 0 Å². The van der Waals surface area contributed by atoms with Crippen LogP contribution in [0.25, 0.3) is 0 Å². The standard InChI is InChI=1S/C6H4N2S.CHNO/c1-3-6-4-2-5(1)7-8-9-6;2-1-3/h1-4H;2H. The Morgan fingerprint density at radius 2 is 1.92 bits per heavy atom. The van der Waals surface area contributed by atoms with Gasteiger partial charge in [0.05, 0.1) is 5.69 Å². The van der Waals surface area contributed by atoms with Crippen molar-refractivity contribution in [1.29, 1.82) is 5.41 Å². The number of fused-ring (bicyclic) bond motifs is 3. The predicted molar refractivity (Wildman–Crippen MR) is 45.2 cm³/mol. The van der Waals surface area contributed by atoms with Crippen LogP contribution in [0, 0.1) is 5.41 Å². The van der Waals surface area contributed by atoms with E-state index in [4.69, 9.17) is 10.2 Å². The largest absolute Gasteiger partial charge is 0.231 e. The number of isocyanates is 1. The minimum Gasteiger partial charge on any atom is -0.222 e. The molecule has 0 aliphatic carbocycles. The number of hydrogen-bond donors (Lipinski definition) is 1. The Morgan fingerprint density at radius 3 is 2.50 bits per heavy atom. The Labute approximate surface area is 73.3 Å². The van der Waals surface area contributed by atoms with Gasteiger partial charge in [-0.15, -0.1) is 9.63 Å². The summed E-state index contributed by atoms with van der Waals surface area (Å²) in [5, 5.41) is 9.30. The average molecular weight is 179 g/mol. The summed E-state index contributed by atoms with van der Waals surface area (Å²) in [4.78, 5) is 9.50. The van der Waals surface area contributed by atoms with Crippen LogP contribution < -0.4 is 0 Å². The van der Waals surface area contributed by atoms with Gasteiger partial charge in [0, 0.05) is 16.8 Å². The molecular weight excluding hydrogens is 174 g/mol. The van der Waals surface area contributed by atoms with E-state index in [-0.39, 0.29) is 0 Å². The zero-order chi connectivity index (χ0) is 8.81. The van der Waals surface area contributed by atoms with Gasteiger partial charge in [0.25, 0.3) is 0 Å². The van der Waals surface area contributed by atoms with Gasteiger partial charge >= 0.3 is 0 Å². The molecule has 0 saturated carbocycles. The molecule has 3 rings (SSSR count). The van der Waals surface area contributed by atoms with Crippen molar-refractivity contribution in [2.24, 2.45) is 9.63 Å². The molecule has 12 heavy (non-hydrogen) atoms. The monoisotopic (exact) mass is 179 g/mol. The maximum Gasteiger partial charge on any atom is 0.231 e. The lowest BCUT2D eigenvalue weighted by atomic mass is 10.3. The average Bonchev–Trinajstić information content (AvgIpc) is 2.41. The van der Waals surface area contributed by atoms with Crippen molar-refractivity contribution in [2.75, 3.05) is 0 Å². The van der Waals surface area contributed by atoms with Gasteiger partial charge in [-0.05, 0) is 24.3 Å². The Balaban J connectivity index is 0.000000213. The molecule has 4 nitrogen and oxygen atoms in total. The van der Waals surface area contributed by atoms with Crippen molar-refractivity contribution in [3.63, 3.8) is 0 Å². The molecule has 0 radical (unpaired) electrons. The van der Waals surface area contributed by atoms with Crippen LogP contribution in [0.1, 0.15) is 0 Å². The van der Waals surface area contributed by atoms with Crippen molar-refractivity contribution in [3.05, 3.63) is 24.3 Å². The molecular formula is C7H5N3OS. The highest BCUT2D eigenvalue weighted by Crippen LogP contribution is 2.28. The molecule has 2 aliphatic rings. The number of carbonyl (C=O) groups excluding carboxylic acids is 1. The van der Waals surface area contributed by atoms with Crippen LogP contribution in [0.2, 0.25) is 0 Å². The van der Waals surface area contributed by atoms with Gasteiger partial charge in [0.15, 0.2) is 0 Å². The third-order valence-electron chi connectivity index (χ3n) is 1.14. The molecule has 0 fully saturated rings. The molecule has 0 aromatic heterocycles. The zero-order valence-corrected chi connectivity index (χ0v) is 6.84. The fourth-order valence-corrected chi connectivity index (χ4v) is 1.18. The maximum atomic E-state index is 8.35. The van der Waals surface area contributed by atoms with Gasteiger partial charge in [0.1, 0.15) is 0 Å². The highest BCUT2D eigenvalue weighted by atomic mass is 32.2. The first-order valence-electron chi connectivity index (χ1n) is 3.09. The molecule has 5 heteroatoms. The quantitative estimate of drug-likeness (QED) is 0.378.